The number of nitrogens with one attached hydrogen (secondary N) is 1. The quantitative estimate of drug-likeness (QED) is 0.413. The highest BCUT2D eigenvalue weighted by atomic mass is 16.3. The lowest BCUT2D eigenvalue weighted by Gasteiger charge is -2.41. The number of hydrogen-bond donors (Lipinski definition) is 3. The van der Waals surface area contributed by atoms with Gasteiger partial charge in [0.1, 0.15) is 0 Å². The Balaban J connectivity index is 1.85. The number of β-amino-alcohol motifs (C(OH)–C–C–N with tert-alkyl or cyclic N) is 2. The van der Waals surface area contributed by atoms with E-state index < -0.39 is 0 Å². The summed E-state index contributed by atoms with van der Waals surface area (Å²) in [4.78, 5) is 2.12. The van der Waals surface area contributed by atoms with Crippen LogP contribution in [0.3, 0.4) is 0 Å². The van der Waals surface area contributed by atoms with Crippen LogP contribution in [0.25, 0.3) is 0 Å². The van der Waals surface area contributed by atoms with Gasteiger partial charge in [0.2, 0.25) is 0 Å². The minimum Gasteiger partial charge on any atom is -0.390 e. The van der Waals surface area contributed by atoms with Crippen molar-refractivity contribution < 1.29 is 10.2 Å². The first-order valence-corrected chi connectivity index (χ1v) is 4.08. The van der Waals surface area contributed by atoms with Crippen LogP contribution in [-0.4, -0.2) is 59.5 Å². The van der Waals surface area contributed by atoms with E-state index in [1.54, 1.807) is 0 Å². The highest BCUT2D eigenvalue weighted by Gasteiger charge is 2.37. The first-order valence-electron chi connectivity index (χ1n) is 4.08. The van der Waals surface area contributed by atoms with Crippen LogP contribution in [0, 0.1) is 0 Å². The van der Waals surface area contributed by atoms with Crippen LogP contribution in [0.1, 0.15) is 0 Å². The maximum absolute atomic E-state index is 9.42. The topological polar surface area (TPSA) is 55.7 Å². The van der Waals surface area contributed by atoms with Crippen LogP contribution in [-0.2, 0) is 0 Å². The molecule has 4 heteroatoms. The molecule has 2 atom stereocenters. The number of aliphatic hydroxyl groups excluding tert-OH is 2. The molecule has 0 spiro atoms. The van der Waals surface area contributed by atoms with Gasteiger partial charge < -0.3 is 15.5 Å². The molecule has 0 unspecified atom stereocenters. The van der Waals surface area contributed by atoms with E-state index in [1.165, 1.54) is 0 Å². The largest absolute Gasteiger partial charge is 0.390 e. The third kappa shape index (κ3) is 1.27. The molecule has 0 radical (unpaired) electrons. The summed E-state index contributed by atoms with van der Waals surface area (Å²) in [5, 5.41) is 21.6. The molecule has 64 valence electrons. The fraction of sp³-hybridized carbons (Fsp3) is 1.00. The van der Waals surface area contributed by atoms with E-state index >= 15 is 0 Å². The van der Waals surface area contributed by atoms with Crippen molar-refractivity contribution >= 4 is 0 Å². The van der Waals surface area contributed by atoms with Gasteiger partial charge >= 0.3 is 0 Å². The molecule has 4 nitrogen and oxygen atoms in total. The van der Waals surface area contributed by atoms with E-state index in [0.717, 1.165) is 19.6 Å². The lowest BCUT2D eigenvalue weighted by molar-refractivity contribution is -0.0454. The smallest absolute Gasteiger partial charge is 0.0831 e. The van der Waals surface area contributed by atoms with Crippen molar-refractivity contribution in [2.45, 2.75) is 18.2 Å². The number of rotatable bonds is 1. The Hall–Kier alpha value is -0.160. The molecular weight excluding hydrogens is 144 g/mol. The van der Waals surface area contributed by atoms with E-state index in [4.69, 9.17) is 5.11 Å². The first-order chi connectivity index (χ1) is 5.27. The predicted octanol–water partition coefficient (Wildman–Crippen LogP) is -2.00. The Morgan fingerprint density at radius 3 is 2.36 bits per heavy atom. The molecular formula is C7H14N2O2. The molecule has 0 aromatic rings. The molecule has 0 aromatic carbocycles. The minimum atomic E-state index is -0.248. The van der Waals surface area contributed by atoms with Crippen molar-refractivity contribution in [3.8, 4) is 0 Å². The van der Waals surface area contributed by atoms with E-state index in [1.807, 2.05) is 0 Å². The summed E-state index contributed by atoms with van der Waals surface area (Å²) in [7, 11) is 0. The average Bonchev–Trinajstić information content (AvgIpc) is 2.29. The Kier molecular flexibility index (Phi) is 1.85. The van der Waals surface area contributed by atoms with Gasteiger partial charge in [0.15, 0.2) is 0 Å². The van der Waals surface area contributed by atoms with Gasteiger partial charge in [-0.1, -0.05) is 0 Å². The summed E-state index contributed by atoms with van der Waals surface area (Å²) in [5.41, 5.74) is 0. The zero-order valence-electron chi connectivity index (χ0n) is 6.40. The summed E-state index contributed by atoms with van der Waals surface area (Å²) >= 11 is 0. The van der Waals surface area contributed by atoms with Crippen LogP contribution in [0.4, 0.5) is 0 Å². The van der Waals surface area contributed by atoms with Gasteiger partial charge in [-0.3, -0.25) is 4.90 Å². The van der Waals surface area contributed by atoms with Crippen LogP contribution in [0.15, 0.2) is 0 Å². The molecule has 0 aliphatic carbocycles. The van der Waals surface area contributed by atoms with Crippen LogP contribution < -0.4 is 5.32 Å². The minimum absolute atomic E-state index is 0.164. The van der Waals surface area contributed by atoms with E-state index in [0.29, 0.717) is 6.54 Å². The highest BCUT2D eigenvalue weighted by Crippen LogP contribution is 2.16. The predicted molar refractivity (Wildman–Crippen MR) is 40.2 cm³/mol. The fourth-order valence-corrected chi connectivity index (χ4v) is 1.78. The molecule has 3 N–H and O–H groups in total. The van der Waals surface area contributed by atoms with Crippen molar-refractivity contribution in [2.24, 2.45) is 0 Å². The van der Waals surface area contributed by atoms with Gasteiger partial charge in [-0.2, -0.15) is 0 Å². The van der Waals surface area contributed by atoms with Gasteiger partial charge in [0.05, 0.1) is 12.2 Å². The Morgan fingerprint density at radius 1 is 1.18 bits per heavy atom. The Labute approximate surface area is 65.8 Å². The second-order valence-electron chi connectivity index (χ2n) is 3.40. The number of likely N-dealkylation sites (tertiary alicyclic amines) is 1. The van der Waals surface area contributed by atoms with Gasteiger partial charge in [-0.25, -0.2) is 0 Å². The second-order valence-corrected chi connectivity index (χ2v) is 3.40. The Morgan fingerprint density at radius 2 is 1.91 bits per heavy atom. The summed E-state index contributed by atoms with van der Waals surface area (Å²) < 4.78 is 0. The van der Waals surface area contributed by atoms with Crippen LogP contribution in [0.5, 0.6) is 0 Å². The van der Waals surface area contributed by atoms with Gasteiger partial charge in [-0.05, 0) is 0 Å². The molecule has 2 rings (SSSR count). The van der Waals surface area contributed by atoms with Crippen molar-refractivity contribution in [1.29, 1.82) is 0 Å². The summed E-state index contributed by atoms with van der Waals surface area (Å²) in [6, 6.07) is 0.235. The van der Waals surface area contributed by atoms with E-state index in [9.17, 15) is 5.11 Å². The molecule has 0 bridgehead atoms. The Bertz CT molecular complexity index is 147. The molecule has 0 amide bonds. The van der Waals surface area contributed by atoms with Gasteiger partial charge in [-0.15, -0.1) is 0 Å². The van der Waals surface area contributed by atoms with E-state index in [-0.39, 0.29) is 18.2 Å². The molecule has 2 aliphatic rings. The summed E-state index contributed by atoms with van der Waals surface area (Å²) in [6.45, 7) is 3.00. The molecule has 11 heavy (non-hydrogen) atoms. The molecule has 2 heterocycles. The maximum Gasteiger partial charge on any atom is 0.0831 e. The van der Waals surface area contributed by atoms with Gasteiger partial charge in [0, 0.05) is 32.2 Å². The standard InChI is InChI=1S/C7H14N2O2/c10-5-3-9(4-5)6-1-8-2-7(6)11/h5-8,10-11H,1-4H2/t6-,7-/m1/s1. The van der Waals surface area contributed by atoms with Crippen molar-refractivity contribution in [2.75, 3.05) is 26.2 Å². The molecule has 2 fully saturated rings. The summed E-state index contributed by atoms with van der Waals surface area (Å²) in [5.74, 6) is 0. The third-order valence-electron chi connectivity index (χ3n) is 2.51. The fourth-order valence-electron chi connectivity index (χ4n) is 1.78. The lowest BCUT2D eigenvalue weighted by atomic mass is 10.1. The molecule has 0 aromatic heterocycles. The molecule has 2 aliphatic heterocycles. The number of aliphatic hydroxyl groups is 2. The van der Waals surface area contributed by atoms with Crippen molar-refractivity contribution in [1.82, 2.24) is 10.2 Å². The SMILES string of the molecule is OC1CN([C@@H]2CNC[C@H]2O)C1. The van der Waals surface area contributed by atoms with Crippen molar-refractivity contribution in [3.05, 3.63) is 0 Å². The van der Waals surface area contributed by atoms with Gasteiger partial charge in [0.25, 0.3) is 0 Å². The first kappa shape index (κ1) is 7.49. The van der Waals surface area contributed by atoms with Crippen LogP contribution >= 0.6 is 0 Å². The van der Waals surface area contributed by atoms with Crippen LogP contribution in [0.2, 0.25) is 0 Å². The zero-order valence-corrected chi connectivity index (χ0v) is 6.40. The molecule has 2 saturated heterocycles. The molecule has 0 saturated carbocycles. The normalized spacial score (nSPS) is 40.9. The highest BCUT2D eigenvalue weighted by molar-refractivity contribution is 4.94. The number of hydrogen-bond acceptors (Lipinski definition) is 4. The van der Waals surface area contributed by atoms with E-state index in [2.05, 4.69) is 10.2 Å². The maximum atomic E-state index is 9.42. The lowest BCUT2D eigenvalue weighted by Crippen LogP contribution is -2.58. The second kappa shape index (κ2) is 2.71. The summed E-state index contributed by atoms with van der Waals surface area (Å²) in [6.07, 6.45) is -0.412. The zero-order chi connectivity index (χ0) is 7.84. The third-order valence-corrected chi connectivity index (χ3v) is 2.51. The number of nitrogens with zero attached hydrogens (tertiary/aromatic N) is 1. The monoisotopic (exact) mass is 158 g/mol. The average molecular weight is 158 g/mol. The van der Waals surface area contributed by atoms with Crippen molar-refractivity contribution in [3.63, 3.8) is 0 Å².